The molecule has 4 heterocycles. The number of aliphatic hydroxyl groups excluding tert-OH is 1. The number of nitrogens with zero attached hydrogens (tertiary/aromatic N) is 2. The van der Waals surface area contributed by atoms with E-state index in [4.69, 9.17) is 28.4 Å². The maximum atomic E-state index is 14.6. The molecule has 2 saturated heterocycles. The van der Waals surface area contributed by atoms with Crippen LogP contribution >= 0.6 is 0 Å². The molecule has 380 valence electrons. The van der Waals surface area contributed by atoms with Crippen molar-refractivity contribution in [1.29, 1.82) is 0 Å². The van der Waals surface area contributed by atoms with E-state index in [1.54, 1.807) is 27.0 Å². The number of ketones is 2. The van der Waals surface area contributed by atoms with Gasteiger partial charge in [-0.25, -0.2) is 4.79 Å². The molecule has 2 aromatic rings. The highest BCUT2D eigenvalue weighted by Crippen LogP contribution is 2.40. The Labute approximate surface area is 409 Å². The fraction of sp³-hybridized carbons (Fsp3) is 0.636. The third kappa shape index (κ3) is 12.4. The van der Waals surface area contributed by atoms with Crippen LogP contribution in [0.15, 0.2) is 79.1 Å². The molecule has 14 unspecified atom stereocenters. The van der Waals surface area contributed by atoms with Crippen LogP contribution in [0.1, 0.15) is 105 Å². The lowest BCUT2D eigenvalue weighted by Crippen LogP contribution is -2.64. The Morgan fingerprint density at radius 3 is 2.30 bits per heavy atom. The number of carbonyl (C=O) groups excluding carboxylic acids is 4. The molecule has 2 bridgehead atoms. The summed E-state index contributed by atoms with van der Waals surface area (Å²) in [5.41, 5.74) is 2.51. The number of fused-ring (bicyclic) bond motifs is 4. The fourth-order valence-corrected chi connectivity index (χ4v) is 11.2. The van der Waals surface area contributed by atoms with Gasteiger partial charge in [0, 0.05) is 69.8 Å². The second-order valence-corrected chi connectivity index (χ2v) is 20.2. The molecule has 1 aromatic heterocycles. The molecule has 4 aliphatic rings. The van der Waals surface area contributed by atoms with Crippen molar-refractivity contribution in [3.63, 3.8) is 0 Å². The van der Waals surface area contributed by atoms with E-state index in [0.717, 1.165) is 41.6 Å². The Kier molecular flexibility index (Phi) is 18.8. The van der Waals surface area contributed by atoms with Crippen molar-refractivity contribution in [2.75, 3.05) is 27.9 Å². The van der Waals surface area contributed by atoms with Crippen molar-refractivity contribution >= 4 is 34.3 Å². The minimum atomic E-state index is -2.56. The number of methoxy groups -OCH3 is 3. The van der Waals surface area contributed by atoms with Gasteiger partial charge >= 0.3 is 5.97 Å². The molecule has 14 heteroatoms. The van der Waals surface area contributed by atoms with Gasteiger partial charge in [0.05, 0.1) is 24.4 Å². The molecule has 14 atom stereocenters. The van der Waals surface area contributed by atoms with E-state index in [-0.39, 0.29) is 62.1 Å². The van der Waals surface area contributed by atoms with Crippen molar-refractivity contribution in [2.45, 2.75) is 166 Å². The predicted molar refractivity (Wildman–Crippen MR) is 263 cm³/mol. The van der Waals surface area contributed by atoms with E-state index < -0.39 is 77.8 Å². The van der Waals surface area contributed by atoms with Crippen LogP contribution in [0, 0.1) is 29.6 Å². The molecule has 14 nitrogen and oxygen atoms in total. The number of amides is 1. The van der Waals surface area contributed by atoms with Gasteiger partial charge in [-0.15, -0.1) is 13.2 Å². The minimum absolute atomic E-state index is 0.0300. The largest absolute Gasteiger partial charge is 0.488 e. The van der Waals surface area contributed by atoms with Crippen LogP contribution < -0.4 is 4.74 Å². The molecule has 69 heavy (non-hydrogen) atoms. The normalized spacial score (nSPS) is 35.1. The molecule has 0 spiro atoms. The van der Waals surface area contributed by atoms with Crippen LogP contribution in [-0.4, -0.2) is 126 Å². The number of allylic oxidation sites excluding steroid dienone is 4. The van der Waals surface area contributed by atoms with Crippen molar-refractivity contribution in [3.05, 3.63) is 79.1 Å². The van der Waals surface area contributed by atoms with Crippen molar-refractivity contribution in [1.82, 2.24) is 9.47 Å². The summed E-state index contributed by atoms with van der Waals surface area (Å²) in [6.45, 7) is 17.8. The highest BCUT2D eigenvalue weighted by atomic mass is 16.7. The molecule has 2 N–H and O–H groups in total. The second-order valence-electron chi connectivity index (χ2n) is 20.2. The molecular weight excluding hydrogens is 881 g/mol. The first-order valence-corrected chi connectivity index (χ1v) is 25.1. The number of cyclic esters (lactones) is 1. The maximum Gasteiger partial charge on any atom is 0.329 e. The van der Waals surface area contributed by atoms with Gasteiger partial charge in [-0.3, -0.25) is 14.4 Å². The average molecular weight is 959 g/mol. The Hall–Kier alpha value is -4.44. The first kappa shape index (κ1) is 53.9. The highest BCUT2D eigenvalue weighted by Gasteiger charge is 2.56. The zero-order chi connectivity index (χ0) is 50.2. The second kappa shape index (κ2) is 24.1. The number of carbonyl (C=O) groups is 4. The number of hydrogen-bond donors (Lipinski definition) is 2. The lowest BCUT2D eigenvalue weighted by molar-refractivity contribution is -0.302. The topological polar surface area (TPSA) is 172 Å². The van der Waals surface area contributed by atoms with E-state index in [2.05, 4.69) is 42.0 Å². The predicted octanol–water partition coefficient (Wildman–Crippen LogP) is 7.87. The van der Waals surface area contributed by atoms with Crippen LogP contribution in [0.2, 0.25) is 0 Å². The fourth-order valence-electron chi connectivity index (χ4n) is 11.2. The van der Waals surface area contributed by atoms with Crippen molar-refractivity contribution in [2.24, 2.45) is 29.6 Å². The number of esters is 1. The highest BCUT2D eigenvalue weighted by molar-refractivity contribution is 6.39. The summed E-state index contributed by atoms with van der Waals surface area (Å²) in [6.07, 6.45) is 9.97. The summed E-state index contributed by atoms with van der Waals surface area (Å²) < 4.78 is 39.2. The summed E-state index contributed by atoms with van der Waals surface area (Å²) in [5, 5.41) is 24.9. The molecule has 3 aliphatic heterocycles. The number of piperidine rings is 1. The molecular formula is C55H78N2O12. The van der Waals surface area contributed by atoms with Gasteiger partial charge in [0.2, 0.25) is 5.79 Å². The average Bonchev–Trinajstić information content (AvgIpc) is 3.75. The first-order chi connectivity index (χ1) is 33.0. The lowest BCUT2D eigenvalue weighted by Gasteiger charge is -2.47. The Morgan fingerprint density at radius 2 is 1.61 bits per heavy atom. The van der Waals surface area contributed by atoms with E-state index in [1.807, 2.05) is 45.2 Å². The Bertz CT molecular complexity index is 2200. The number of aliphatic hydroxyl groups is 2. The van der Waals surface area contributed by atoms with Crippen molar-refractivity contribution in [3.8, 4) is 5.75 Å². The summed E-state index contributed by atoms with van der Waals surface area (Å²) in [4.78, 5) is 58.7. The summed E-state index contributed by atoms with van der Waals surface area (Å²) in [7, 11) is 4.68. The van der Waals surface area contributed by atoms with Crippen LogP contribution in [0.25, 0.3) is 10.9 Å². The van der Waals surface area contributed by atoms with Gasteiger partial charge in [0.1, 0.15) is 35.9 Å². The third-order valence-corrected chi connectivity index (χ3v) is 15.4. The number of benzene rings is 1. The van der Waals surface area contributed by atoms with Gasteiger partial charge in [0.15, 0.2) is 0 Å². The molecule has 1 amide bonds. The minimum Gasteiger partial charge on any atom is -0.488 e. The standard InChI is InChI=1S/C55H78N2O12/c1-11-15-40-28-34(4)49(59)35(5)29-47(65-9)51-48(66-10)30-37(7)55(63,69-51)52(60)53(61)57-25-14-13-16-43(57)54(62)68-50(33(3)17-21-44(40)58)36(6)27-38-18-22-45(46(31-38)64-8)67-41-19-20-42-39(32-41)23-26-56(42)24-12-2/h11-12,19-20,23,26-28,32-33,35,37-38,40,43,45-51,59,63H,1-2,13-18,21-22,24-25,29-31H2,3-10H3. The van der Waals surface area contributed by atoms with Gasteiger partial charge in [-0.1, -0.05) is 45.1 Å². The zero-order valence-electron chi connectivity index (χ0n) is 42.2. The van der Waals surface area contributed by atoms with Crippen LogP contribution in [-0.2, 0) is 49.4 Å². The smallest absolute Gasteiger partial charge is 0.329 e. The quantitative estimate of drug-likeness (QED) is 0.127. The molecule has 6 rings (SSSR count). The zero-order valence-corrected chi connectivity index (χ0v) is 42.2. The number of Topliss-reactive ketones (excluding diaryl/α,β-unsaturated/α-hetero) is 2. The monoisotopic (exact) mass is 959 g/mol. The number of ether oxygens (including phenoxy) is 6. The summed E-state index contributed by atoms with van der Waals surface area (Å²) in [6, 6.07) is 7.07. The van der Waals surface area contributed by atoms with Crippen LogP contribution in [0.4, 0.5) is 0 Å². The number of aromatic nitrogens is 1. The van der Waals surface area contributed by atoms with Gasteiger partial charge in [-0.2, -0.15) is 0 Å². The summed E-state index contributed by atoms with van der Waals surface area (Å²) in [5.74, 6) is -6.78. The SMILES string of the molecule is C=CCC1C=C(C)C(O)C(C)CC(OC)C2OC(O)(C(=O)C(=O)N3CCCCC3C(=O)OC(C(C)=CC3CCC(Oc4ccc5c(ccn5CC=C)c4)C(OC)C3)C(C)CCC1=O)C(C)CC2OC. The van der Waals surface area contributed by atoms with Gasteiger partial charge < -0.3 is 48.1 Å². The molecule has 0 radical (unpaired) electrons. The Morgan fingerprint density at radius 1 is 0.884 bits per heavy atom. The Balaban J connectivity index is 1.29. The molecule has 3 fully saturated rings. The van der Waals surface area contributed by atoms with Gasteiger partial charge in [-0.05, 0) is 131 Å². The lowest BCUT2D eigenvalue weighted by atomic mass is 9.81. The number of hydrogen-bond acceptors (Lipinski definition) is 12. The molecule has 1 saturated carbocycles. The van der Waals surface area contributed by atoms with Crippen LogP contribution in [0.5, 0.6) is 5.75 Å². The van der Waals surface area contributed by atoms with E-state index in [1.165, 1.54) is 19.1 Å². The number of rotatable bonds is 11. The maximum absolute atomic E-state index is 14.6. The van der Waals surface area contributed by atoms with Crippen molar-refractivity contribution < 1.29 is 57.8 Å². The molecule has 1 aromatic carbocycles. The van der Waals surface area contributed by atoms with Gasteiger partial charge in [0.25, 0.3) is 11.7 Å². The van der Waals surface area contributed by atoms with E-state index >= 15 is 0 Å². The summed E-state index contributed by atoms with van der Waals surface area (Å²) >= 11 is 0. The molecule has 1 aliphatic carbocycles. The third-order valence-electron chi connectivity index (χ3n) is 15.4. The van der Waals surface area contributed by atoms with E-state index in [9.17, 15) is 29.4 Å². The van der Waals surface area contributed by atoms with Crippen LogP contribution in [0.3, 0.4) is 0 Å². The van der Waals surface area contributed by atoms with E-state index in [0.29, 0.717) is 37.7 Å². The first-order valence-electron chi connectivity index (χ1n) is 25.1.